The fourth-order valence-corrected chi connectivity index (χ4v) is 2.02. The van der Waals surface area contributed by atoms with Gasteiger partial charge in [0.2, 0.25) is 0 Å². The third-order valence-electron chi connectivity index (χ3n) is 3.02. The number of aryl methyl sites for hydroxylation is 2. The number of benzene rings is 1. The number of hydrogen-bond donors (Lipinski definition) is 1. The van der Waals surface area contributed by atoms with Crippen molar-refractivity contribution in [2.75, 3.05) is 5.73 Å². The van der Waals surface area contributed by atoms with Gasteiger partial charge in [0, 0.05) is 35.4 Å². The minimum Gasteiger partial charge on any atom is -0.398 e. The van der Waals surface area contributed by atoms with Gasteiger partial charge in [0.15, 0.2) is 0 Å². The highest BCUT2D eigenvalue weighted by molar-refractivity contribution is 5.75. The van der Waals surface area contributed by atoms with Crippen LogP contribution in [0.4, 0.5) is 5.69 Å². The summed E-state index contributed by atoms with van der Waals surface area (Å²) in [7, 11) is 0. The van der Waals surface area contributed by atoms with Crippen molar-refractivity contribution in [3.05, 3.63) is 55.1 Å². The lowest BCUT2D eigenvalue weighted by molar-refractivity contribution is 0.500. The van der Waals surface area contributed by atoms with Crippen LogP contribution >= 0.6 is 0 Å². The van der Waals surface area contributed by atoms with Crippen LogP contribution in [0.15, 0.2) is 55.1 Å². The average Bonchev–Trinajstić information content (AvgIpc) is 3.08. The van der Waals surface area contributed by atoms with E-state index in [1.54, 1.807) is 6.20 Å². The van der Waals surface area contributed by atoms with Gasteiger partial charge in [-0.2, -0.15) is 10.2 Å². The Kier molecular flexibility index (Phi) is 3.02. The zero-order chi connectivity index (χ0) is 13.1. The highest BCUT2D eigenvalue weighted by Gasteiger charge is 2.04. The molecule has 5 nitrogen and oxygen atoms in total. The number of anilines is 1. The third kappa shape index (κ3) is 2.49. The molecular weight excluding hydrogens is 238 g/mol. The molecule has 0 radical (unpaired) electrons. The molecule has 1 aromatic carbocycles. The highest BCUT2D eigenvalue weighted by atomic mass is 15.3. The van der Waals surface area contributed by atoms with E-state index >= 15 is 0 Å². The van der Waals surface area contributed by atoms with E-state index in [1.165, 1.54) is 0 Å². The maximum atomic E-state index is 5.96. The highest BCUT2D eigenvalue weighted by Crippen LogP contribution is 2.24. The van der Waals surface area contributed by atoms with Crippen molar-refractivity contribution in [1.82, 2.24) is 19.6 Å². The number of para-hydroxylation sites is 1. The minimum absolute atomic E-state index is 0.772. The van der Waals surface area contributed by atoms with Crippen LogP contribution < -0.4 is 5.73 Å². The Morgan fingerprint density at radius 1 is 1.00 bits per heavy atom. The van der Waals surface area contributed by atoms with E-state index in [2.05, 4.69) is 10.2 Å². The Bertz CT molecular complexity index is 654. The zero-order valence-electron chi connectivity index (χ0n) is 10.5. The molecule has 0 aliphatic rings. The molecule has 0 bridgehead atoms. The minimum atomic E-state index is 0.772. The van der Waals surface area contributed by atoms with Gasteiger partial charge in [-0.25, -0.2) is 0 Å². The number of nitrogen functional groups attached to an aromatic ring is 1. The van der Waals surface area contributed by atoms with Crippen molar-refractivity contribution in [2.45, 2.75) is 13.1 Å². The van der Waals surface area contributed by atoms with E-state index in [1.807, 2.05) is 58.3 Å². The first-order valence-electron chi connectivity index (χ1n) is 6.18. The molecule has 5 heteroatoms. The van der Waals surface area contributed by atoms with Gasteiger partial charge in [-0.3, -0.25) is 9.36 Å². The zero-order valence-corrected chi connectivity index (χ0v) is 10.5. The molecule has 0 saturated carbocycles. The largest absolute Gasteiger partial charge is 0.398 e. The third-order valence-corrected chi connectivity index (χ3v) is 3.02. The Labute approximate surface area is 111 Å². The lowest BCUT2D eigenvalue weighted by Crippen LogP contribution is -2.07. The van der Waals surface area contributed by atoms with Crippen molar-refractivity contribution >= 4 is 5.69 Å². The fraction of sp³-hybridized carbons (Fsp3) is 0.143. The normalized spacial score (nSPS) is 10.7. The van der Waals surface area contributed by atoms with E-state index in [4.69, 9.17) is 5.73 Å². The molecule has 0 fully saturated rings. The van der Waals surface area contributed by atoms with Gasteiger partial charge in [0.25, 0.3) is 0 Å². The maximum absolute atomic E-state index is 5.96. The second-order valence-corrected chi connectivity index (χ2v) is 4.35. The number of aromatic nitrogens is 4. The molecule has 0 spiro atoms. The van der Waals surface area contributed by atoms with Crippen LogP contribution in [-0.4, -0.2) is 19.6 Å². The molecule has 0 amide bonds. The van der Waals surface area contributed by atoms with Gasteiger partial charge in [0.05, 0.1) is 19.3 Å². The summed E-state index contributed by atoms with van der Waals surface area (Å²) in [5, 5.41) is 8.52. The van der Waals surface area contributed by atoms with Crippen LogP contribution in [0.1, 0.15) is 0 Å². The number of hydrogen-bond acceptors (Lipinski definition) is 3. The maximum Gasteiger partial charge on any atom is 0.0605 e. The monoisotopic (exact) mass is 253 g/mol. The fourth-order valence-electron chi connectivity index (χ4n) is 2.02. The van der Waals surface area contributed by atoms with Crippen LogP contribution in [-0.2, 0) is 13.1 Å². The molecular formula is C14H15N5. The summed E-state index contributed by atoms with van der Waals surface area (Å²) < 4.78 is 3.79. The Hall–Kier alpha value is -2.56. The van der Waals surface area contributed by atoms with Gasteiger partial charge in [0.1, 0.15) is 0 Å². The molecule has 0 aliphatic carbocycles. The van der Waals surface area contributed by atoms with Crippen LogP contribution in [0.5, 0.6) is 0 Å². The number of rotatable bonds is 4. The van der Waals surface area contributed by atoms with Crippen molar-refractivity contribution in [1.29, 1.82) is 0 Å². The van der Waals surface area contributed by atoms with E-state index in [-0.39, 0.29) is 0 Å². The first-order valence-corrected chi connectivity index (χ1v) is 6.18. The average molecular weight is 253 g/mol. The molecule has 19 heavy (non-hydrogen) atoms. The van der Waals surface area contributed by atoms with Crippen LogP contribution in [0, 0.1) is 0 Å². The van der Waals surface area contributed by atoms with Gasteiger partial charge in [-0.1, -0.05) is 18.2 Å². The molecule has 2 N–H and O–H groups in total. The quantitative estimate of drug-likeness (QED) is 0.724. The molecule has 0 unspecified atom stereocenters. The van der Waals surface area contributed by atoms with E-state index in [0.717, 1.165) is 29.9 Å². The molecule has 0 atom stereocenters. The molecule has 96 valence electrons. The predicted molar refractivity (Wildman–Crippen MR) is 74.3 cm³/mol. The van der Waals surface area contributed by atoms with Crippen LogP contribution in [0.25, 0.3) is 11.1 Å². The van der Waals surface area contributed by atoms with Crippen molar-refractivity contribution in [2.24, 2.45) is 0 Å². The SMILES string of the molecule is Nc1ccccc1-c1cnn(CCn2cccn2)c1. The lowest BCUT2D eigenvalue weighted by Gasteiger charge is -2.02. The summed E-state index contributed by atoms with van der Waals surface area (Å²) in [5.74, 6) is 0. The van der Waals surface area contributed by atoms with E-state index in [9.17, 15) is 0 Å². The summed E-state index contributed by atoms with van der Waals surface area (Å²) >= 11 is 0. The first kappa shape index (κ1) is 11.5. The van der Waals surface area contributed by atoms with Gasteiger partial charge in [-0.05, 0) is 12.1 Å². The Balaban J connectivity index is 1.75. The molecule has 0 aliphatic heterocycles. The molecule has 2 heterocycles. The molecule has 3 rings (SSSR count). The van der Waals surface area contributed by atoms with Gasteiger partial charge in [-0.15, -0.1) is 0 Å². The topological polar surface area (TPSA) is 61.7 Å². The summed E-state index contributed by atoms with van der Waals surface area (Å²) in [6, 6.07) is 9.73. The second kappa shape index (κ2) is 4.97. The second-order valence-electron chi connectivity index (χ2n) is 4.35. The number of nitrogens with zero attached hydrogens (tertiary/aromatic N) is 4. The standard InChI is InChI=1S/C14H15N5/c15-14-5-2-1-4-13(14)12-10-17-19(11-12)9-8-18-7-3-6-16-18/h1-7,10-11H,8-9,15H2. The lowest BCUT2D eigenvalue weighted by atomic mass is 10.1. The van der Waals surface area contributed by atoms with Gasteiger partial charge >= 0.3 is 0 Å². The van der Waals surface area contributed by atoms with Crippen molar-refractivity contribution in [3.63, 3.8) is 0 Å². The Morgan fingerprint density at radius 3 is 2.63 bits per heavy atom. The number of nitrogens with two attached hydrogens (primary N) is 1. The molecule has 3 aromatic rings. The van der Waals surface area contributed by atoms with E-state index in [0.29, 0.717) is 0 Å². The van der Waals surface area contributed by atoms with Crippen LogP contribution in [0.3, 0.4) is 0 Å². The van der Waals surface area contributed by atoms with E-state index < -0.39 is 0 Å². The van der Waals surface area contributed by atoms with Crippen LogP contribution in [0.2, 0.25) is 0 Å². The van der Waals surface area contributed by atoms with Crippen molar-refractivity contribution in [3.8, 4) is 11.1 Å². The molecule has 2 aromatic heterocycles. The van der Waals surface area contributed by atoms with Crippen molar-refractivity contribution < 1.29 is 0 Å². The predicted octanol–water partition coefficient (Wildman–Crippen LogP) is 2.03. The smallest absolute Gasteiger partial charge is 0.0605 e. The summed E-state index contributed by atoms with van der Waals surface area (Å²) in [4.78, 5) is 0. The Morgan fingerprint density at radius 2 is 1.84 bits per heavy atom. The van der Waals surface area contributed by atoms with Gasteiger partial charge < -0.3 is 5.73 Å². The molecule has 0 saturated heterocycles. The summed E-state index contributed by atoms with van der Waals surface area (Å²) in [5.41, 5.74) is 8.80. The first-order chi connectivity index (χ1) is 9.33. The summed E-state index contributed by atoms with van der Waals surface area (Å²) in [6.45, 7) is 1.59. The summed E-state index contributed by atoms with van der Waals surface area (Å²) in [6.07, 6.45) is 7.57.